The number of hydrogen-bond acceptors (Lipinski definition) is 4. The summed E-state index contributed by atoms with van der Waals surface area (Å²) in [5, 5.41) is 7.80. The van der Waals surface area contributed by atoms with E-state index < -0.39 is 0 Å². The molecule has 1 aromatic heterocycles. The van der Waals surface area contributed by atoms with E-state index in [9.17, 15) is 9.59 Å². The summed E-state index contributed by atoms with van der Waals surface area (Å²) < 4.78 is 1.75. The molecule has 0 saturated heterocycles. The first-order valence-electron chi connectivity index (χ1n) is 9.46. The normalized spacial score (nSPS) is 11.1. The second kappa shape index (κ2) is 11.1. The zero-order valence-electron chi connectivity index (χ0n) is 17.2. The average molecular weight is 435 g/mol. The van der Waals surface area contributed by atoms with Crippen LogP contribution in [-0.4, -0.2) is 46.3 Å². The Morgan fingerprint density at radius 3 is 2.76 bits per heavy atom. The molecule has 1 heterocycles. The number of halogens is 1. The second-order valence-electron chi connectivity index (χ2n) is 6.64. The Morgan fingerprint density at radius 2 is 2.07 bits per heavy atom. The molecule has 0 saturated carbocycles. The zero-order valence-corrected chi connectivity index (χ0v) is 18.8. The lowest BCUT2D eigenvalue weighted by molar-refractivity contribution is -0.129. The smallest absolute Gasteiger partial charge is 0.246 e. The van der Waals surface area contributed by atoms with Crippen LogP contribution in [0, 0.1) is 6.92 Å². The quantitative estimate of drug-likeness (QED) is 0.466. The van der Waals surface area contributed by atoms with Crippen LogP contribution in [-0.2, 0) is 16.1 Å². The van der Waals surface area contributed by atoms with Crippen LogP contribution in [0.25, 0.3) is 6.08 Å². The SMILES string of the molecule is CCCCn1nc(C)c(C=CC(=O)N(C)CC(=O)Nc2ccccc2SC)c1Cl. The third-order valence-electron chi connectivity index (χ3n) is 4.36. The maximum absolute atomic E-state index is 12.4. The first kappa shape index (κ1) is 23.0. The van der Waals surface area contributed by atoms with E-state index in [-0.39, 0.29) is 18.4 Å². The number of nitrogens with one attached hydrogen (secondary N) is 1. The summed E-state index contributed by atoms with van der Waals surface area (Å²) in [5.74, 6) is -0.535. The van der Waals surface area contributed by atoms with Gasteiger partial charge in [-0.1, -0.05) is 37.1 Å². The van der Waals surface area contributed by atoms with Crippen LogP contribution in [0.4, 0.5) is 5.69 Å². The van der Waals surface area contributed by atoms with Gasteiger partial charge in [-0.15, -0.1) is 11.8 Å². The van der Waals surface area contributed by atoms with E-state index in [0.29, 0.717) is 5.15 Å². The molecule has 0 atom stereocenters. The van der Waals surface area contributed by atoms with Crippen molar-refractivity contribution in [2.45, 2.75) is 38.1 Å². The molecule has 0 unspecified atom stereocenters. The third kappa shape index (κ3) is 6.37. The molecule has 1 aromatic carbocycles. The van der Waals surface area contributed by atoms with Gasteiger partial charge in [0.2, 0.25) is 11.8 Å². The number of nitrogens with zero attached hydrogens (tertiary/aromatic N) is 3. The molecule has 6 nitrogen and oxygen atoms in total. The molecule has 2 rings (SSSR count). The molecule has 156 valence electrons. The number of benzene rings is 1. The van der Waals surface area contributed by atoms with Crippen LogP contribution < -0.4 is 5.32 Å². The van der Waals surface area contributed by atoms with Crippen molar-refractivity contribution in [2.75, 3.05) is 25.2 Å². The van der Waals surface area contributed by atoms with Crippen LogP contribution in [0.5, 0.6) is 0 Å². The third-order valence-corrected chi connectivity index (χ3v) is 5.56. The number of anilines is 1. The van der Waals surface area contributed by atoms with Gasteiger partial charge < -0.3 is 10.2 Å². The molecule has 0 spiro atoms. The standard InChI is InChI=1S/C21H27ClN4O2S/c1-5-6-13-26-21(22)16(15(2)24-26)11-12-20(28)25(3)14-19(27)23-17-9-7-8-10-18(17)29-4/h7-12H,5-6,13-14H2,1-4H3,(H,23,27). The lowest BCUT2D eigenvalue weighted by atomic mass is 10.2. The van der Waals surface area contributed by atoms with Gasteiger partial charge in [0.05, 0.1) is 17.9 Å². The van der Waals surface area contributed by atoms with Gasteiger partial charge in [0, 0.05) is 30.1 Å². The molecule has 2 amide bonds. The lowest BCUT2D eigenvalue weighted by Crippen LogP contribution is -2.33. The number of amides is 2. The van der Waals surface area contributed by atoms with E-state index in [1.54, 1.807) is 29.6 Å². The van der Waals surface area contributed by atoms with E-state index >= 15 is 0 Å². The maximum atomic E-state index is 12.4. The Bertz CT molecular complexity index is 895. The Kier molecular flexibility index (Phi) is 8.79. The zero-order chi connectivity index (χ0) is 21.4. The first-order chi connectivity index (χ1) is 13.9. The first-order valence-corrected chi connectivity index (χ1v) is 11.1. The van der Waals surface area contributed by atoms with Gasteiger partial charge in [-0.2, -0.15) is 5.10 Å². The topological polar surface area (TPSA) is 67.2 Å². The van der Waals surface area contributed by atoms with E-state index in [1.165, 1.54) is 11.0 Å². The number of para-hydroxylation sites is 1. The van der Waals surface area contributed by atoms with E-state index in [4.69, 9.17) is 11.6 Å². The molecule has 0 radical (unpaired) electrons. The summed E-state index contributed by atoms with van der Waals surface area (Å²) in [6, 6.07) is 7.55. The summed E-state index contributed by atoms with van der Waals surface area (Å²) in [5.41, 5.74) is 2.23. The van der Waals surface area contributed by atoms with Crippen molar-refractivity contribution >= 4 is 46.9 Å². The molecule has 29 heavy (non-hydrogen) atoms. The Labute approximate surface area is 181 Å². The van der Waals surface area contributed by atoms with Crippen LogP contribution in [0.1, 0.15) is 31.0 Å². The van der Waals surface area contributed by atoms with Crippen LogP contribution in [0.15, 0.2) is 35.2 Å². The number of aryl methyl sites for hydroxylation is 2. The molecular weight excluding hydrogens is 408 g/mol. The molecule has 0 aliphatic carbocycles. The van der Waals surface area contributed by atoms with Gasteiger partial charge in [0.15, 0.2) is 0 Å². The molecule has 0 aliphatic heterocycles. The number of carbonyl (C=O) groups is 2. The minimum absolute atomic E-state index is 0.0473. The second-order valence-corrected chi connectivity index (χ2v) is 7.85. The van der Waals surface area contributed by atoms with Crippen molar-refractivity contribution in [1.82, 2.24) is 14.7 Å². The molecule has 0 aliphatic rings. The van der Waals surface area contributed by atoms with Gasteiger partial charge in [-0.05, 0) is 37.8 Å². The number of carbonyl (C=O) groups excluding carboxylic acids is 2. The highest BCUT2D eigenvalue weighted by Crippen LogP contribution is 2.24. The van der Waals surface area contributed by atoms with Crippen LogP contribution in [0.3, 0.4) is 0 Å². The fourth-order valence-electron chi connectivity index (χ4n) is 2.73. The fraction of sp³-hybridized carbons (Fsp3) is 0.381. The van der Waals surface area contributed by atoms with Crippen molar-refractivity contribution < 1.29 is 9.59 Å². The monoisotopic (exact) mass is 434 g/mol. The van der Waals surface area contributed by atoms with E-state index in [0.717, 1.165) is 41.2 Å². The predicted molar refractivity (Wildman–Crippen MR) is 120 cm³/mol. The Morgan fingerprint density at radius 1 is 1.34 bits per heavy atom. The van der Waals surface area contributed by atoms with Crippen molar-refractivity contribution in [3.8, 4) is 0 Å². The van der Waals surface area contributed by atoms with E-state index in [1.807, 2.05) is 37.4 Å². The number of aromatic nitrogens is 2. The average Bonchev–Trinajstić information content (AvgIpc) is 2.97. The highest BCUT2D eigenvalue weighted by Gasteiger charge is 2.14. The van der Waals surface area contributed by atoms with Gasteiger partial charge in [-0.3, -0.25) is 14.3 Å². The molecule has 0 bridgehead atoms. The summed E-state index contributed by atoms with van der Waals surface area (Å²) in [6.45, 7) is 4.66. The van der Waals surface area contributed by atoms with Crippen LogP contribution in [0.2, 0.25) is 5.15 Å². The highest BCUT2D eigenvalue weighted by atomic mass is 35.5. The lowest BCUT2D eigenvalue weighted by Gasteiger charge is -2.15. The highest BCUT2D eigenvalue weighted by molar-refractivity contribution is 7.98. The van der Waals surface area contributed by atoms with Gasteiger partial charge in [0.25, 0.3) is 0 Å². The molecule has 1 N–H and O–H groups in total. The Balaban J connectivity index is 1.98. The number of thioether (sulfide) groups is 1. The fourth-order valence-corrected chi connectivity index (χ4v) is 3.60. The minimum Gasteiger partial charge on any atom is -0.333 e. The molecular formula is C21H27ClN4O2S. The van der Waals surface area contributed by atoms with Gasteiger partial charge in [0.1, 0.15) is 5.15 Å². The summed E-state index contributed by atoms with van der Waals surface area (Å²) >= 11 is 7.94. The number of unbranched alkanes of at least 4 members (excludes halogenated alkanes) is 1. The predicted octanol–water partition coefficient (Wildman–Crippen LogP) is 4.48. The number of rotatable bonds is 9. The minimum atomic E-state index is -0.282. The van der Waals surface area contributed by atoms with Crippen molar-refractivity contribution in [3.63, 3.8) is 0 Å². The van der Waals surface area contributed by atoms with Crippen LogP contribution >= 0.6 is 23.4 Å². The van der Waals surface area contributed by atoms with Gasteiger partial charge >= 0.3 is 0 Å². The van der Waals surface area contributed by atoms with E-state index in [2.05, 4.69) is 17.3 Å². The maximum Gasteiger partial charge on any atom is 0.246 e. The Hall–Kier alpha value is -2.25. The molecule has 2 aromatic rings. The summed E-state index contributed by atoms with van der Waals surface area (Å²) in [7, 11) is 1.59. The van der Waals surface area contributed by atoms with Crippen molar-refractivity contribution in [3.05, 3.63) is 46.8 Å². The number of likely N-dealkylation sites (N-methyl/N-ethyl adjacent to an activating group) is 1. The summed E-state index contributed by atoms with van der Waals surface area (Å²) in [4.78, 5) is 27.1. The van der Waals surface area contributed by atoms with Gasteiger partial charge in [-0.25, -0.2) is 0 Å². The number of hydrogen-bond donors (Lipinski definition) is 1. The molecule has 8 heteroatoms. The van der Waals surface area contributed by atoms with Crippen molar-refractivity contribution in [1.29, 1.82) is 0 Å². The molecule has 0 fully saturated rings. The largest absolute Gasteiger partial charge is 0.333 e. The summed E-state index contributed by atoms with van der Waals surface area (Å²) in [6.07, 6.45) is 7.06. The van der Waals surface area contributed by atoms with Crippen molar-refractivity contribution in [2.24, 2.45) is 0 Å².